The Labute approximate surface area is 787 Å². The van der Waals surface area contributed by atoms with Crippen molar-refractivity contribution in [2.24, 2.45) is 0 Å². The molecule has 0 unspecified atom stereocenters. The van der Waals surface area contributed by atoms with Gasteiger partial charge in [-0.15, -0.1) is 0 Å². The largest absolute Gasteiger partial charge is 0.248 e. The van der Waals surface area contributed by atoms with Gasteiger partial charge in [-0.25, -0.2) is 34.9 Å². The normalized spacial score (nSPS) is 11.4. The number of benzene rings is 20. The zero-order valence-corrected chi connectivity index (χ0v) is 74.1. The van der Waals surface area contributed by atoms with Crippen LogP contribution in [0.4, 0.5) is 0 Å². The van der Waals surface area contributed by atoms with Crippen LogP contribution in [0.15, 0.2) is 504 Å². The highest BCUT2D eigenvalue weighted by Crippen LogP contribution is 2.45. The van der Waals surface area contributed by atoms with E-state index < -0.39 is 0 Å². The summed E-state index contributed by atoms with van der Waals surface area (Å²) in [5.74, 6) is 0.701. The molecule has 26 rings (SSSR count). The third kappa shape index (κ3) is 15.7. The van der Waals surface area contributed by atoms with Gasteiger partial charge in [0, 0.05) is 71.4 Å². The number of nitrogens with zero attached hydrogens (tertiary/aromatic N) is 7. The molecule has 0 radical (unpaired) electrons. The van der Waals surface area contributed by atoms with Crippen LogP contribution in [0.2, 0.25) is 0 Å². The summed E-state index contributed by atoms with van der Waals surface area (Å²) in [6.45, 7) is 0. The lowest BCUT2D eigenvalue weighted by Crippen LogP contribution is -1.96. The van der Waals surface area contributed by atoms with Crippen molar-refractivity contribution >= 4 is 108 Å². The predicted octanol–water partition coefficient (Wildman–Crippen LogP) is 34.0. The van der Waals surface area contributed by atoms with Crippen LogP contribution < -0.4 is 0 Å². The minimum atomic E-state index is 0.701. The van der Waals surface area contributed by atoms with E-state index in [4.69, 9.17) is 34.9 Å². The summed E-state index contributed by atoms with van der Waals surface area (Å²) in [5.41, 5.74) is 31.7. The van der Waals surface area contributed by atoms with Crippen LogP contribution in [-0.2, 0) is 0 Å². The number of rotatable bonds is 13. The molecule has 0 bridgehead atoms. The third-order valence-corrected chi connectivity index (χ3v) is 26.2. The summed E-state index contributed by atoms with van der Waals surface area (Å²) in [6.07, 6.45) is 0. The van der Waals surface area contributed by atoms with Crippen LogP contribution in [0, 0.1) is 0 Å². The van der Waals surface area contributed by atoms with Gasteiger partial charge in [0.15, 0.2) is 5.82 Å². The molecule has 0 amide bonds. The van der Waals surface area contributed by atoms with Gasteiger partial charge in [0.05, 0.1) is 67.4 Å². The van der Waals surface area contributed by atoms with Gasteiger partial charge in [-0.3, -0.25) is 0 Å². The molecular formula is C129H83N7. The zero-order valence-electron chi connectivity index (χ0n) is 74.1. The van der Waals surface area contributed by atoms with Crippen molar-refractivity contribution in [1.82, 2.24) is 34.9 Å². The highest BCUT2D eigenvalue weighted by Gasteiger charge is 2.22. The molecule has 0 atom stereocenters. The second kappa shape index (κ2) is 35.6. The van der Waals surface area contributed by atoms with Crippen LogP contribution in [0.1, 0.15) is 0 Å². The van der Waals surface area contributed by atoms with E-state index in [9.17, 15) is 0 Å². The van der Waals surface area contributed by atoms with Crippen molar-refractivity contribution in [2.75, 3.05) is 0 Å². The molecule has 7 heteroatoms. The summed E-state index contributed by atoms with van der Waals surface area (Å²) >= 11 is 0. The van der Waals surface area contributed by atoms with E-state index in [1.54, 1.807) is 0 Å². The first-order valence-electron chi connectivity index (χ1n) is 46.1. The summed E-state index contributed by atoms with van der Waals surface area (Å²) in [5, 5.41) is 18.0. The quantitative estimate of drug-likeness (QED) is 0.106. The molecule has 0 aliphatic rings. The zero-order chi connectivity index (χ0) is 90.2. The minimum Gasteiger partial charge on any atom is -0.248 e. The Morgan fingerprint density at radius 1 is 0.118 bits per heavy atom. The first kappa shape index (κ1) is 81.1. The number of hydrogen-bond donors (Lipinski definition) is 0. The van der Waals surface area contributed by atoms with Crippen molar-refractivity contribution in [3.05, 3.63) is 504 Å². The van der Waals surface area contributed by atoms with Gasteiger partial charge in [0.2, 0.25) is 0 Å². The number of fused-ring (bicyclic) bond motifs is 15. The Morgan fingerprint density at radius 3 is 0.757 bits per heavy atom. The number of pyridine rings is 5. The molecule has 7 nitrogen and oxygen atoms in total. The summed E-state index contributed by atoms with van der Waals surface area (Å²) in [4.78, 5) is 35.9. The average molecular weight is 1730 g/mol. The first-order chi connectivity index (χ1) is 67.4. The van der Waals surface area contributed by atoms with Crippen molar-refractivity contribution in [1.29, 1.82) is 0 Å². The smallest absolute Gasteiger partial charge is 0.160 e. The predicted molar refractivity (Wildman–Crippen MR) is 570 cm³/mol. The monoisotopic (exact) mass is 1730 g/mol. The maximum Gasteiger partial charge on any atom is 0.160 e. The first-order valence-corrected chi connectivity index (χ1v) is 46.1. The molecule has 0 aliphatic heterocycles. The molecule has 6 heterocycles. The SMILES string of the molecule is c1ccc(-c2cc(-c3ccc(-c4cc5ccc(-c6ccccc6)nc5c5nc(-c6ccccc6)ccc45)cc3)c3c(ccc4ccccc43)n2)cc1.c1ccc(-c2cc(-c3ccc(-c4cc5ccccc5c5ccccc45)cc3)c3c(ccc4ccccc43)n2)cc1.c1ccc(-c2cc(-c3ccccc3)nc(-c3ccc(-c4cc(-c5ccccc5)nc5ccc6ccccc6c45)cc3)n2)cc1. The van der Waals surface area contributed by atoms with E-state index in [1.807, 2.05) is 66.7 Å². The fourth-order valence-electron chi connectivity index (χ4n) is 19.5. The van der Waals surface area contributed by atoms with Gasteiger partial charge in [0.1, 0.15) is 0 Å². The van der Waals surface area contributed by atoms with Crippen LogP contribution in [0.25, 0.3) is 254 Å². The maximum absolute atomic E-state index is 5.29. The van der Waals surface area contributed by atoms with E-state index in [1.165, 1.54) is 92.5 Å². The van der Waals surface area contributed by atoms with E-state index >= 15 is 0 Å². The molecular weight excluding hydrogens is 1650 g/mol. The van der Waals surface area contributed by atoms with Crippen molar-refractivity contribution in [3.8, 4) is 146 Å². The van der Waals surface area contributed by atoms with E-state index in [2.05, 4.69) is 437 Å². The lowest BCUT2D eigenvalue weighted by Gasteiger charge is -2.15. The summed E-state index contributed by atoms with van der Waals surface area (Å²) in [7, 11) is 0. The molecule has 0 N–H and O–H groups in total. The van der Waals surface area contributed by atoms with E-state index in [-0.39, 0.29) is 0 Å². The summed E-state index contributed by atoms with van der Waals surface area (Å²) in [6, 6.07) is 177. The second-order valence-corrected chi connectivity index (χ2v) is 34.4. The molecule has 136 heavy (non-hydrogen) atoms. The topological polar surface area (TPSA) is 90.2 Å². The maximum atomic E-state index is 5.29. The van der Waals surface area contributed by atoms with E-state index in [0.29, 0.717) is 5.82 Å². The van der Waals surface area contributed by atoms with Gasteiger partial charge in [-0.2, -0.15) is 0 Å². The van der Waals surface area contributed by atoms with Crippen LogP contribution in [0.5, 0.6) is 0 Å². The standard InChI is InChI=1S/C49H31N3.C41H27N3.C39H25N/c1-4-13-35(14-5-1)43-27-25-38-30-41(40-26-29-44(36-15-6-2-7-16-36)52-49(40)48(38)51-43)33-20-22-34(23-21-33)42-31-46(37-17-8-3-9-18-37)50-45-28-24-32-12-10-11-19-39(32)47(42)45;1-4-13-30(14-5-1)37-26-35(40-34-19-11-10-12-28(34)24-25-36(40)42-37)29-20-22-33(23-21-29)41-43-38(31-15-6-2-7-16-31)27-39(44-41)32-17-8-3-9-18-32;1-2-11-29(12-3-1)38-25-36(39-32-15-7-4-10-26(32)22-23-37(39)40-38)28-20-18-27(19-21-28)35-24-30-13-5-6-14-31(30)33-16-8-9-17-34(33)35/h1-31H;1-27H;1-25H. The van der Waals surface area contributed by atoms with Crippen molar-refractivity contribution in [3.63, 3.8) is 0 Å². The lowest BCUT2D eigenvalue weighted by molar-refractivity contribution is 1.18. The second-order valence-electron chi connectivity index (χ2n) is 34.4. The number of hydrogen-bond acceptors (Lipinski definition) is 7. The highest BCUT2D eigenvalue weighted by atomic mass is 14.9. The number of aromatic nitrogens is 7. The molecule has 6 aromatic heterocycles. The van der Waals surface area contributed by atoms with Gasteiger partial charge >= 0.3 is 0 Å². The van der Waals surface area contributed by atoms with Crippen LogP contribution in [-0.4, -0.2) is 34.9 Å². The Morgan fingerprint density at radius 2 is 0.382 bits per heavy atom. The fourth-order valence-corrected chi connectivity index (χ4v) is 19.5. The minimum absolute atomic E-state index is 0.701. The Balaban J connectivity index is 0.000000113. The molecule has 26 aromatic rings. The molecule has 20 aromatic carbocycles. The van der Waals surface area contributed by atoms with Crippen LogP contribution >= 0.6 is 0 Å². The fraction of sp³-hybridized carbons (Fsp3) is 0. The van der Waals surface area contributed by atoms with E-state index in [0.717, 1.165) is 156 Å². The van der Waals surface area contributed by atoms with Gasteiger partial charge < -0.3 is 0 Å². The molecule has 0 fully saturated rings. The van der Waals surface area contributed by atoms with Crippen molar-refractivity contribution < 1.29 is 0 Å². The molecule has 0 spiro atoms. The molecule has 0 saturated carbocycles. The Hall–Kier alpha value is -18.2. The Kier molecular flexibility index (Phi) is 21.2. The molecule has 634 valence electrons. The van der Waals surface area contributed by atoms with Gasteiger partial charge in [-0.05, 0) is 182 Å². The van der Waals surface area contributed by atoms with Gasteiger partial charge in [-0.1, -0.05) is 431 Å². The van der Waals surface area contributed by atoms with Crippen LogP contribution in [0.3, 0.4) is 0 Å². The Bertz CT molecular complexity index is 8970. The third-order valence-electron chi connectivity index (χ3n) is 26.2. The lowest BCUT2D eigenvalue weighted by atomic mass is 9.91. The highest BCUT2D eigenvalue weighted by molar-refractivity contribution is 6.19. The van der Waals surface area contributed by atoms with Gasteiger partial charge in [0.25, 0.3) is 0 Å². The van der Waals surface area contributed by atoms with Crippen molar-refractivity contribution in [2.45, 2.75) is 0 Å². The average Bonchev–Trinajstić information content (AvgIpc) is 0.748. The summed E-state index contributed by atoms with van der Waals surface area (Å²) < 4.78 is 0. The molecule has 0 saturated heterocycles. The molecule has 0 aliphatic carbocycles.